The van der Waals surface area contributed by atoms with E-state index in [9.17, 15) is 5.21 Å². The van der Waals surface area contributed by atoms with Gasteiger partial charge in [-0.2, -0.15) is 0 Å². The summed E-state index contributed by atoms with van der Waals surface area (Å²) in [7, 11) is 0. The second-order valence-electron chi connectivity index (χ2n) is 4.95. The maximum absolute atomic E-state index is 11.7. The zero-order valence-corrected chi connectivity index (χ0v) is 10.9. The molecule has 4 heteroatoms. The predicted molar refractivity (Wildman–Crippen MR) is 62.5 cm³/mol. The second-order valence-corrected chi connectivity index (χ2v) is 4.95. The zero-order valence-electron chi connectivity index (χ0n) is 10.9. The van der Waals surface area contributed by atoms with E-state index in [-0.39, 0.29) is 16.3 Å². The van der Waals surface area contributed by atoms with Gasteiger partial charge in [-0.15, -0.1) is 5.11 Å². The van der Waals surface area contributed by atoms with Crippen molar-refractivity contribution >= 4 is 0 Å². The van der Waals surface area contributed by atoms with Crippen LogP contribution in [0.2, 0.25) is 0 Å². The van der Waals surface area contributed by atoms with Gasteiger partial charge in [0, 0.05) is 11.6 Å². The molecule has 1 N–H and O–H groups in total. The van der Waals surface area contributed by atoms with E-state index in [4.69, 9.17) is 0 Å². The molecule has 0 bridgehead atoms. The number of hydrogen-bond donors (Lipinski definition) is 1. The Morgan fingerprint density at radius 2 is 1.47 bits per heavy atom. The van der Waals surface area contributed by atoms with Crippen molar-refractivity contribution in [1.82, 2.24) is 0 Å². The Labute approximate surface area is 93.3 Å². The third kappa shape index (κ3) is 4.26. The molecule has 0 aromatic rings. The molecule has 0 spiro atoms. The monoisotopic (exact) mass is 215 g/mol. The first-order chi connectivity index (χ1) is 6.81. The number of hydroxylamine groups is 1. The Morgan fingerprint density at radius 3 is 1.80 bits per heavy atom. The average molecular weight is 215 g/mol. The lowest BCUT2D eigenvalue weighted by molar-refractivity contribution is -0.913. The standard InChI is InChI=1S/C11H25N3O/c1-7-10(4,5)14(15)13-12-11(6,8-2)9-3/h14H,7-9H2,1-6H3. The van der Waals surface area contributed by atoms with Gasteiger partial charge in [0.05, 0.1) is 5.54 Å². The summed E-state index contributed by atoms with van der Waals surface area (Å²) >= 11 is 0. The van der Waals surface area contributed by atoms with Crippen LogP contribution in [0.4, 0.5) is 0 Å². The summed E-state index contributed by atoms with van der Waals surface area (Å²) in [4.78, 5) is 0. The summed E-state index contributed by atoms with van der Waals surface area (Å²) in [5.74, 6) is 0. The molecule has 0 rings (SSSR count). The first-order valence-electron chi connectivity index (χ1n) is 5.78. The van der Waals surface area contributed by atoms with Gasteiger partial charge < -0.3 is 5.21 Å². The minimum Gasteiger partial charge on any atom is -0.604 e. The van der Waals surface area contributed by atoms with E-state index in [1.54, 1.807) is 0 Å². The fraction of sp³-hybridized carbons (Fsp3) is 1.00. The number of quaternary nitrogens is 1. The summed E-state index contributed by atoms with van der Waals surface area (Å²) in [6, 6.07) is 0. The van der Waals surface area contributed by atoms with E-state index in [1.165, 1.54) is 0 Å². The van der Waals surface area contributed by atoms with E-state index in [0.29, 0.717) is 0 Å². The van der Waals surface area contributed by atoms with Crippen LogP contribution in [-0.4, -0.2) is 11.1 Å². The van der Waals surface area contributed by atoms with E-state index in [2.05, 4.69) is 24.2 Å². The summed E-state index contributed by atoms with van der Waals surface area (Å²) in [6.45, 7) is 12.0. The molecule has 4 nitrogen and oxygen atoms in total. The van der Waals surface area contributed by atoms with Crippen LogP contribution in [0.25, 0.3) is 0 Å². The Kier molecular flexibility index (Phi) is 5.38. The van der Waals surface area contributed by atoms with Crippen LogP contribution < -0.4 is 5.17 Å². The lowest BCUT2D eigenvalue weighted by atomic mass is 9.97. The molecule has 0 saturated carbocycles. The molecular formula is C11H25N3O. The molecule has 0 aliphatic rings. The molecule has 0 saturated heterocycles. The van der Waals surface area contributed by atoms with Gasteiger partial charge in [-0.05, 0) is 33.6 Å². The van der Waals surface area contributed by atoms with Crippen molar-refractivity contribution in [2.75, 3.05) is 0 Å². The fourth-order valence-corrected chi connectivity index (χ4v) is 0.844. The maximum Gasteiger partial charge on any atom is 0.117 e. The van der Waals surface area contributed by atoms with Gasteiger partial charge in [0.1, 0.15) is 5.54 Å². The van der Waals surface area contributed by atoms with Gasteiger partial charge in [-0.1, -0.05) is 20.8 Å². The Hall–Kier alpha value is -0.480. The van der Waals surface area contributed by atoms with Crippen molar-refractivity contribution < 1.29 is 5.17 Å². The molecule has 1 atom stereocenters. The highest BCUT2D eigenvalue weighted by molar-refractivity contribution is 4.76. The number of rotatable bonds is 6. The van der Waals surface area contributed by atoms with E-state index in [1.807, 2.05) is 27.7 Å². The molecule has 0 heterocycles. The van der Waals surface area contributed by atoms with Crippen LogP contribution in [-0.2, 0) is 0 Å². The van der Waals surface area contributed by atoms with Gasteiger partial charge in [-0.3, -0.25) is 0 Å². The van der Waals surface area contributed by atoms with Crippen LogP contribution in [0, 0.1) is 5.21 Å². The zero-order chi connectivity index (χ0) is 12.1. The normalized spacial score (nSPS) is 15.9. The third-order valence-electron chi connectivity index (χ3n) is 3.37. The summed E-state index contributed by atoms with van der Waals surface area (Å²) in [5, 5.41) is 19.6. The summed E-state index contributed by atoms with van der Waals surface area (Å²) in [6.07, 6.45) is 2.61. The number of hydrogen-bond acceptors (Lipinski definition) is 3. The van der Waals surface area contributed by atoms with Crippen LogP contribution in [0.1, 0.15) is 60.8 Å². The molecule has 0 aromatic heterocycles. The first-order valence-corrected chi connectivity index (χ1v) is 5.78. The number of nitrogens with one attached hydrogen (secondary N) is 1. The molecule has 90 valence electrons. The van der Waals surface area contributed by atoms with Gasteiger partial charge in [-0.25, -0.2) is 5.17 Å². The first kappa shape index (κ1) is 14.5. The molecule has 0 aliphatic heterocycles. The minimum atomic E-state index is -0.383. The van der Waals surface area contributed by atoms with Crippen molar-refractivity contribution in [2.45, 2.75) is 71.9 Å². The molecule has 0 aliphatic carbocycles. The molecule has 1 unspecified atom stereocenters. The highest BCUT2D eigenvalue weighted by Crippen LogP contribution is 2.18. The van der Waals surface area contributed by atoms with E-state index >= 15 is 0 Å². The summed E-state index contributed by atoms with van der Waals surface area (Å²) in [5.41, 5.74) is -0.564. The van der Waals surface area contributed by atoms with Crippen molar-refractivity contribution in [3.05, 3.63) is 5.21 Å². The highest BCUT2D eigenvalue weighted by Gasteiger charge is 2.25. The summed E-state index contributed by atoms with van der Waals surface area (Å²) < 4.78 is 0. The van der Waals surface area contributed by atoms with Crippen LogP contribution in [0.5, 0.6) is 0 Å². The lowest BCUT2D eigenvalue weighted by Crippen LogP contribution is -3.10. The van der Waals surface area contributed by atoms with Gasteiger partial charge in [0.25, 0.3) is 0 Å². The third-order valence-corrected chi connectivity index (χ3v) is 3.37. The molecule has 0 aromatic carbocycles. The lowest BCUT2D eigenvalue weighted by Gasteiger charge is -2.31. The largest absolute Gasteiger partial charge is 0.604 e. The van der Waals surface area contributed by atoms with Crippen molar-refractivity contribution in [3.63, 3.8) is 0 Å². The topological polar surface area (TPSA) is 52.2 Å². The Bertz CT molecular complexity index is 210. The van der Waals surface area contributed by atoms with Gasteiger partial charge in [0.2, 0.25) is 0 Å². The molecule has 0 amide bonds. The Morgan fingerprint density at radius 1 is 1.00 bits per heavy atom. The van der Waals surface area contributed by atoms with E-state index < -0.39 is 0 Å². The predicted octanol–water partition coefficient (Wildman–Crippen LogP) is 2.50. The SMILES string of the molecule is CCC(C)(CC)N=N[NH+]([O-])C(C)(C)CC. The van der Waals surface area contributed by atoms with Crippen molar-refractivity contribution in [2.24, 2.45) is 10.3 Å². The fourth-order valence-electron chi connectivity index (χ4n) is 0.844. The van der Waals surface area contributed by atoms with Gasteiger partial charge >= 0.3 is 0 Å². The maximum atomic E-state index is 11.7. The minimum absolute atomic E-state index is 0.113. The molecule has 0 radical (unpaired) electrons. The smallest absolute Gasteiger partial charge is 0.117 e. The molecule has 15 heavy (non-hydrogen) atoms. The van der Waals surface area contributed by atoms with E-state index in [0.717, 1.165) is 19.3 Å². The van der Waals surface area contributed by atoms with Crippen LogP contribution in [0.3, 0.4) is 0 Å². The molecule has 0 fully saturated rings. The number of nitrogens with zero attached hydrogens (tertiary/aromatic N) is 2. The quantitative estimate of drug-likeness (QED) is 0.537. The van der Waals surface area contributed by atoms with Crippen molar-refractivity contribution in [3.8, 4) is 0 Å². The molecular weight excluding hydrogens is 190 g/mol. The average Bonchev–Trinajstić information content (AvgIpc) is 2.25. The van der Waals surface area contributed by atoms with Gasteiger partial charge in [0.15, 0.2) is 0 Å². The van der Waals surface area contributed by atoms with Crippen molar-refractivity contribution in [1.29, 1.82) is 0 Å². The highest BCUT2D eigenvalue weighted by atomic mass is 16.5. The van der Waals surface area contributed by atoms with Crippen LogP contribution >= 0.6 is 0 Å². The second kappa shape index (κ2) is 5.56. The van der Waals surface area contributed by atoms with Crippen LogP contribution in [0.15, 0.2) is 10.3 Å². The Balaban J connectivity index is 4.52.